The van der Waals surface area contributed by atoms with Gasteiger partial charge < -0.3 is 18.9 Å². The number of amides is 2. The molecule has 0 unspecified atom stereocenters. The summed E-state index contributed by atoms with van der Waals surface area (Å²) in [6.07, 6.45) is -1.50. The molecule has 214 valence electrons. The average molecular weight is 552 g/mol. The van der Waals surface area contributed by atoms with Crippen molar-refractivity contribution in [2.45, 2.75) is 71.7 Å². The molecule has 0 atom stereocenters. The molecule has 1 aliphatic rings. The number of hydrogen-bond acceptors (Lipinski definition) is 8. The summed E-state index contributed by atoms with van der Waals surface area (Å²) in [6.45, 7) is 10.5. The van der Waals surface area contributed by atoms with Crippen LogP contribution in [0, 0.1) is 0 Å². The molecule has 2 amide bonds. The molecule has 2 N–H and O–H groups in total. The van der Waals surface area contributed by atoms with E-state index in [2.05, 4.69) is 15.6 Å². The van der Waals surface area contributed by atoms with Gasteiger partial charge in [-0.05, 0) is 65.5 Å². The third kappa shape index (κ3) is 9.76. The molecule has 0 radical (unpaired) electrons. The van der Waals surface area contributed by atoms with Crippen molar-refractivity contribution in [3.05, 3.63) is 83.2 Å². The molecule has 0 bridgehead atoms. The molecule has 10 nitrogen and oxygen atoms in total. The van der Waals surface area contributed by atoms with Crippen LogP contribution in [-0.4, -0.2) is 41.9 Å². The number of rotatable bonds is 5. The van der Waals surface area contributed by atoms with Crippen LogP contribution in [0.3, 0.4) is 0 Å². The summed E-state index contributed by atoms with van der Waals surface area (Å²) in [6, 6.07) is 18.7. The number of benzene rings is 2. The first-order chi connectivity index (χ1) is 18.8. The minimum Gasteiger partial charge on any atom is -0.485 e. The Balaban J connectivity index is 1.95. The van der Waals surface area contributed by atoms with E-state index in [0.717, 1.165) is 11.1 Å². The summed E-state index contributed by atoms with van der Waals surface area (Å²) in [5.74, 6) is -1.13. The molecular formula is C30H37N3O7. The van der Waals surface area contributed by atoms with Crippen LogP contribution in [0.2, 0.25) is 0 Å². The van der Waals surface area contributed by atoms with Crippen LogP contribution in [0.5, 0.6) is 0 Å². The van der Waals surface area contributed by atoms with Crippen LogP contribution >= 0.6 is 0 Å². The molecule has 10 heteroatoms. The summed E-state index contributed by atoms with van der Waals surface area (Å²) < 4.78 is 22.3. The zero-order valence-corrected chi connectivity index (χ0v) is 23.8. The monoisotopic (exact) mass is 551 g/mol. The van der Waals surface area contributed by atoms with E-state index in [4.69, 9.17) is 18.9 Å². The molecule has 0 aliphatic carbocycles. The summed E-state index contributed by atoms with van der Waals surface area (Å²) in [7, 11) is 0. The maximum absolute atomic E-state index is 13.5. The predicted octanol–water partition coefficient (Wildman–Crippen LogP) is 5.75. The Hall–Kier alpha value is -4.34. The number of carbonyl (C=O) groups is 3. The van der Waals surface area contributed by atoms with E-state index >= 15 is 0 Å². The van der Waals surface area contributed by atoms with Gasteiger partial charge in [-0.3, -0.25) is 10.6 Å². The van der Waals surface area contributed by atoms with Crippen molar-refractivity contribution in [3.8, 4) is 0 Å². The fourth-order valence-corrected chi connectivity index (χ4v) is 3.66. The van der Waals surface area contributed by atoms with Gasteiger partial charge in [0.1, 0.15) is 11.2 Å². The minimum absolute atomic E-state index is 0.113. The minimum atomic E-state index is -0.850. The topological polar surface area (TPSA) is 125 Å². The third-order valence-electron chi connectivity index (χ3n) is 5.17. The second-order valence-electron chi connectivity index (χ2n) is 11.0. The van der Waals surface area contributed by atoms with Crippen LogP contribution in [0.4, 0.5) is 9.59 Å². The van der Waals surface area contributed by atoms with Crippen molar-refractivity contribution in [2.75, 3.05) is 6.61 Å². The van der Waals surface area contributed by atoms with Gasteiger partial charge in [0, 0.05) is 0 Å². The van der Waals surface area contributed by atoms with Gasteiger partial charge in [-0.25, -0.2) is 19.4 Å². The summed E-state index contributed by atoms with van der Waals surface area (Å²) in [5, 5.41) is 4.85. The lowest BCUT2D eigenvalue weighted by molar-refractivity contribution is -0.147. The van der Waals surface area contributed by atoms with Gasteiger partial charge in [0.25, 0.3) is 0 Å². The number of hydrogen-bond donors (Lipinski definition) is 2. The van der Waals surface area contributed by atoms with Crippen LogP contribution in [0.15, 0.2) is 77.1 Å². The van der Waals surface area contributed by atoms with Crippen LogP contribution in [0.1, 0.15) is 71.6 Å². The number of esters is 1. The highest BCUT2D eigenvalue weighted by atomic mass is 16.6. The van der Waals surface area contributed by atoms with Crippen molar-refractivity contribution in [1.82, 2.24) is 10.6 Å². The molecule has 0 saturated carbocycles. The molecule has 1 heterocycles. The second-order valence-corrected chi connectivity index (χ2v) is 11.0. The van der Waals surface area contributed by atoms with Gasteiger partial charge in [0.2, 0.25) is 11.7 Å². The number of alkyl carbamates (subject to hydrolysis) is 2. The highest BCUT2D eigenvalue weighted by Crippen LogP contribution is 2.29. The van der Waals surface area contributed by atoms with E-state index in [1.165, 1.54) is 0 Å². The first kappa shape index (κ1) is 30.2. The molecule has 0 aromatic heterocycles. The lowest BCUT2D eigenvalue weighted by Crippen LogP contribution is -2.47. The maximum Gasteiger partial charge on any atom is 0.414 e. The first-order valence-corrected chi connectivity index (χ1v) is 13.1. The Morgan fingerprint density at radius 2 is 1.27 bits per heavy atom. The van der Waals surface area contributed by atoms with E-state index in [-0.39, 0.29) is 24.0 Å². The molecule has 0 fully saturated rings. The normalized spacial score (nSPS) is 13.6. The third-order valence-corrected chi connectivity index (χ3v) is 5.17. The quantitative estimate of drug-likeness (QED) is 0.210. The second kappa shape index (κ2) is 13.1. The van der Waals surface area contributed by atoms with E-state index < -0.39 is 35.5 Å². The Kier molecular flexibility index (Phi) is 9.93. The van der Waals surface area contributed by atoms with E-state index in [1.807, 2.05) is 60.7 Å². The Labute approximate surface area is 234 Å². The molecular weight excluding hydrogens is 514 g/mol. The predicted molar refractivity (Wildman–Crippen MR) is 149 cm³/mol. The molecule has 2 aromatic carbocycles. The van der Waals surface area contributed by atoms with Crippen LogP contribution in [-0.2, 0) is 23.7 Å². The Morgan fingerprint density at radius 3 is 1.73 bits per heavy atom. The van der Waals surface area contributed by atoms with Gasteiger partial charge in [-0.15, -0.1) is 0 Å². The number of nitrogens with one attached hydrogen (secondary N) is 2. The molecule has 3 rings (SSSR count). The number of aliphatic imine (C=N–C) groups is 1. The number of carbonyl (C=O) groups excluding carboxylic acids is 3. The fraction of sp³-hybridized carbons (Fsp3) is 0.400. The largest absolute Gasteiger partial charge is 0.485 e. The van der Waals surface area contributed by atoms with Crippen LogP contribution in [0.25, 0.3) is 0 Å². The molecule has 1 aliphatic heterocycles. The van der Waals surface area contributed by atoms with Crippen molar-refractivity contribution in [2.24, 2.45) is 4.99 Å². The lowest BCUT2D eigenvalue weighted by atomic mass is 10.0. The van der Waals surface area contributed by atoms with Crippen LogP contribution < -0.4 is 10.6 Å². The first-order valence-electron chi connectivity index (χ1n) is 13.1. The standard InChI is InChI=1S/C30H37N3O7/c1-29(2,3)39-27(35)32-26(33-28(36)40-30(4,5)6)31-22-18-13-19-37-24(22)25(34)38-23(20-14-9-7-10-15-20)21-16-11-8-12-17-21/h7-12,14-17,23H,13,18-19H2,1-6H3,(H2,31,32,33,35,36). The van der Waals surface area contributed by atoms with E-state index in [9.17, 15) is 14.4 Å². The van der Waals surface area contributed by atoms with Crippen molar-refractivity contribution >= 4 is 24.1 Å². The van der Waals surface area contributed by atoms with Crippen molar-refractivity contribution < 1.29 is 33.3 Å². The zero-order chi connectivity index (χ0) is 29.3. The SMILES string of the molecule is CC(C)(C)OC(=O)NC(=NC1=C(C(=O)OC(c2ccccc2)c2ccccc2)OCCC1)NC(=O)OC(C)(C)C. The fourth-order valence-electron chi connectivity index (χ4n) is 3.66. The highest BCUT2D eigenvalue weighted by Gasteiger charge is 2.28. The zero-order valence-electron chi connectivity index (χ0n) is 23.8. The lowest BCUT2D eigenvalue weighted by Gasteiger charge is -2.24. The number of ether oxygens (including phenoxy) is 4. The molecule has 0 saturated heterocycles. The molecule has 0 spiro atoms. The van der Waals surface area contributed by atoms with Gasteiger partial charge in [0.05, 0.1) is 12.3 Å². The van der Waals surface area contributed by atoms with Crippen molar-refractivity contribution in [1.29, 1.82) is 0 Å². The summed E-state index contributed by atoms with van der Waals surface area (Å²) in [4.78, 5) is 42.9. The van der Waals surface area contributed by atoms with E-state index in [1.54, 1.807) is 41.5 Å². The maximum atomic E-state index is 13.5. The van der Waals surface area contributed by atoms with Gasteiger partial charge in [-0.1, -0.05) is 60.7 Å². The number of nitrogens with zero attached hydrogens (tertiary/aromatic N) is 1. The van der Waals surface area contributed by atoms with Gasteiger partial charge >= 0.3 is 18.2 Å². The molecule has 40 heavy (non-hydrogen) atoms. The Bertz CT molecular complexity index is 1170. The van der Waals surface area contributed by atoms with Crippen molar-refractivity contribution in [3.63, 3.8) is 0 Å². The summed E-state index contributed by atoms with van der Waals surface area (Å²) >= 11 is 0. The number of guanidine groups is 1. The van der Waals surface area contributed by atoms with Gasteiger partial charge in [0.15, 0.2) is 6.10 Å². The Morgan fingerprint density at radius 1 is 0.800 bits per heavy atom. The van der Waals surface area contributed by atoms with E-state index in [0.29, 0.717) is 12.8 Å². The smallest absolute Gasteiger partial charge is 0.414 e. The van der Waals surface area contributed by atoms with Gasteiger partial charge in [-0.2, -0.15) is 0 Å². The number of allylic oxidation sites excluding steroid dienone is 1. The molecule has 2 aromatic rings. The highest BCUT2D eigenvalue weighted by molar-refractivity contribution is 6.02. The average Bonchev–Trinajstić information content (AvgIpc) is 2.86. The summed E-state index contributed by atoms with van der Waals surface area (Å²) in [5.41, 5.74) is 0.156.